The van der Waals surface area contributed by atoms with Crippen molar-refractivity contribution in [2.24, 2.45) is 5.41 Å². The standard InChI is InChI=1S/C10H18N2OS/c1-6-8(11)12-9(14-6)7(13-5)10(2,3)4/h7H,11H2,1-5H3. The molecule has 0 saturated heterocycles. The van der Waals surface area contributed by atoms with E-state index in [0.717, 1.165) is 9.88 Å². The van der Waals surface area contributed by atoms with Gasteiger partial charge in [-0.05, 0) is 12.3 Å². The molecule has 1 rings (SSSR count). The van der Waals surface area contributed by atoms with Crippen molar-refractivity contribution in [2.45, 2.75) is 33.8 Å². The molecule has 1 heterocycles. The summed E-state index contributed by atoms with van der Waals surface area (Å²) in [5.74, 6) is 0.622. The van der Waals surface area contributed by atoms with E-state index >= 15 is 0 Å². The minimum Gasteiger partial charge on any atom is -0.383 e. The predicted molar refractivity (Wildman–Crippen MR) is 60.5 cm³/mol. The molecule has 0 spiro atoms. The van der Waals surface area contributed by atoms with E-state index in [9.17, 15) is 0 Å². The first-order valence-corrected chi connectivity index (χ1v) is 5.43. The number of hydrogen-bond acceptors (Lipinski definition) is 4. The highest BCUT2D eigenvalue weighted by molar-refractivity contribution is 7.12. The molecule has 80 valence electrons. The fourth-order valence-corrected chi connectivity index (χ4v) is 2.53. The van der Waals surface area contributed by atoms with Crippen molar-refractivity contribution in [1.82, 2.24) is 4.98 Å². The zero-order valence-electron chi connectivity index (χ0n) is 9.42. The number of rotatable bonds is 2. The van der Waals surface area contributed by atoms with Crippen molar-refractivity contribution in [3.8, 4) is 0 Å². The number of hydrogen-bond donors (Lipinski definition) is 1. The van der Waals surface area contributed by atoms with Gasteiger partial charge in [-0.15, -0.1) is 11.3 Å². The second-order valence-electron chi connectivity index (χ2n) is 4.48. The topological polar surface area (TPSA) is 48.1 Å². The van der Waals surface area contributed by atoms with Crippen LogP contribution >= 0.6 is 11.3 Å². The Hall–Kier alpha value is -0.610. The lowest BCUT2D eigenvalue weighted by molar-refractivity contribution is 0.0151. The lowest BCUT2D eigenvalue weighted by Gasteiger charge is -2.27. The molecule has 1 atom stereocenters. The van der Waals surface area contributed by atoms with Crippen LogP contribution in [0.3, 0.4) is 0 Å². The summed E-state index contributed by atoms with van der Waals surface area (Å²) in [4.78, 5) is 5.38. The van der Waals surface area contributed by atoms with Gasteiger partial charge in [0.2, 0.25) is 0 Å². The van der Waals surface area contributed by atoms with Crippen LogP contribution in [0, 0.1) is 12.3 Å². The maximum absolute atomic E-state index is 5.72. The van der Waals surface area contributed by atoms with E-state index in [-0.39, 0.29) is 11.5 Å². The van der Waals surface area contributed by atoms with E-state index in [1.54, 1.807) is 18.4 Å². The molecule has 0 radical (unpaired) electrons. The Bertz CT molecular complexity index is 295. The quantitative estimate of drug-likeness (QED) is 0.823. The zero-order chi connectivity index (χ0) is 10.9. The fraction of sp³-hybridized carbons (Fsp3) is 0.700. The van der Waals surface area contributed by atoms with Gasteiger partial charge in [0, 0.05) is 12.0 Å². The monoisotopic (exact) mass is 214 g/mol. The van der Waals surface area contributed by atoms with Crippen molar-refractivity contribution >= 4 is 17.2 Å². The van der Waals surface area contributed by atoms with Crippen molar-refractivity contribution in [1.29, 1.82) is 0 Å². The Balaban J connectivity index is 3.01. The van der Waals surface area contributed by atoms with E-state index in [0.29, 0.717) is 5.82 Å². The van der Waals surface area contributed by atoms with Crippen molar-refractivity contribution < 1.29 is 4.74 Å². The number of aryl methyl sites for hydroxylation is 1. The summed E-state index contributed by atoms with van der Waals surface area (Å²) in [6.07, 6.45) is 0.0171. The average Bonchev–Trinajstić information content (AvgIpc) is 2.30. The zero-order valence-corrected chi connectivity index (χ0v) is 10.2. The molecule has 1 unspecified atom stereocenters. The molecule has 0 fully saturated rings. The second-order valence-corrected chi connectivity index (χ2v) is 5.71. The Kier molecular flexibility index (Phi) is 3.17. The van der Waals surface area contributed by atoms with Gasteiger partial charge in [0.25, 0.3) is 0 Å². The molecule has 0 amide bonds. The molecule has 2 N–H and O–H groups in total. The van der Waals surface area contributed by atoms with E-state index < -0.39 is 0 Å². The number of ether oxygens (including phenoxy) is 1. The highest BCUT2D eigenvalue weighted by Crippen LogP contribution is 2.38. The van der Waals surface area contributed by atoms with Crippen LogP contribution in [-0.2, 0) is 4.74 Å². The molecule has 14 heavy (non-hydrogen) atoms. The minimum atomic E-state index is 0.0171. The third-order valence-corrected chi connectivity index (χ3v) is 3.13. The summed E-state index contributed by atoms with van der Waals surface area (Å²) >= 11 is 1.61. The van der Waals surface area contributed by atoms with Gasteiger partial charge in [0.05, 0.1) is 0 Å². The summed E-state index contributed by atoms with van der Waals surface area (Å²) in [6.45, 7) is 8.38. The van der Waals surface area contributed by atoms with Crippen molar-refractivity contribution in [2.75, 3.05) is 12.8 Å². The molecular formula is C10H18N2OS. The molecule has 1 aromatic heterocycles. The van der Waals surface area contributed by atoms with Gasteiger partial charge in [-0.25, -0.2) is 4.98 Å². The number of nitrogens with two attached hydrogens (primary N) is 1. The normalized spacial score (nSPS) is 14.4. The molecule has 0 aliphatic heterocycles. The van der Waals surface area contributed by atoms with Crippen molar-refractivity contribution in [3.05, 3.63) is 9.88 Å². The van der Waals surface area contributed by atoms with Crippen LogP contribution in [0.25, 0.3) is 0 Å². The lowest BCUT2D eigenvalue weighted by Crippen LogP contribution is -2.19. The van der Waals surface area contributed by atoms with Crippen LogP contribution in [0.4, 0.5) is 5.82 Å². The Morgan fingerprint density at radius 2 is 2.00 bits per heavy atom. The average molecular weight is 214 g/mol. The van der Waals surface area contributed by atoms with E-state index in [1.807, 2.05) is 6.92 Å². The Morgan fingerprint density at radius 1 is 1.43 bits per heavy atom. The maximum Gasteiger partial charge on any atom is 0.137 e. The fourth-order valence-electron chi connectivity index (χ4n) is 1.37. The van der Waals surface area contributed by atoms with Crippen LogP contribution in [-0.4, -0.2) is 12.1 Å². The first-order valence-electron chi connectivity index (χ1n) is 4.62. The largest absolute Gasteiger partial charge is 0.383 e. The molecule has 0 bridgehead atoms. The van der Waals surface area contributed by atoms with E-state index in [4.69, 9.17) is 10.5 Å². The van der Waals surface area contributed by atoms with E-state index in [2.05, 4.69) is 25.8 Å². The second kappa shape index (κ2) is 3.87. The third kappa shape index (κ3) is 2.25. The SMILES string of the molecule is COC(c1nc(N)c(C)s1)C(C)(C)C. The number of nitrogen functional groups attached to an aromatic ring is 1. The predicted octanol–water partition coefficient (Wildman–Crippen LogP) is 2.77. The summed E-state index contributed by atoms with van der Waals surface area (Å²) in [7, 11) is 1.71. The number of thiazole rings is 1. The smallest absolute Gasteiger partial charge is 0.137 e. The molecule has 1 aromatic rings. The van der Waals surface area contributed by atoms with Crippen LogP contribution in [0.5, 0.6) is 0 Å². The summed E-state index contributed by atoms with van der Waals surface area (Å²) < 4.78 is 5.46. The highest BCUT2D eigenvalue weighted by Gasteiger charge is 2.29. The van der Waals surface area contributed by atoms with Gasteiger partial charge in [-0.2, -0.15) is 0 Å². The molecule has 4 heteroatoms. The molecule has 0 saturated carbocycles. The third-order valence-electron chi connectivity index (χ3n) is 2.10. The number of aromatic nitrogens is 1. The first-order chi connectivity index (χ1) is 6.36. The Labute approximate surface area is 89.3 Å². The molecule has 0 aliphatic carbocycles. The highest BCUT2D eigenvalue weighted by atomic mass is 32.1. The summed E-state index contributed by atoms with van der Waals surface area (Å²) in [5.41, 5.74) is 5.77. The molecular weight excluding hydrogens is 196 g/mol. The number of methoxy groups -OCH3 is 1. The van der Waals surface area contributed by atoms with E-state index in [1.165, 1.54) is 0 Å². The number of anilines is 1. The van der Waals surface area contributed by atoms with Crippen LogP contribution in [0.2, 0.25) is 0 Å². The van der Waals surface area contributed by atoms with Crippen molar-refractivity contribution in [3.63, 3.8) is 0 Å². The minimum absolute atomic E-state index is 0.0171. The molecule has 0 aliphatic rings. The molecule has 0 aromatic carbocycles. The van der Waals surface area contributed by atoms with Gasteiger partial charge in [0.15, 0.2) is 0 Å². The van der Waals surface area contributed by atoms with Crippen LogP contribution < -0.4 is 5.73 Å². The van der Waals surface area contributed by atoms with Gasteiger partial charge < -0.3 is 10.5 Å². The Morgan fingerprint density at radius 3 is 2.29 bits per heavy atom. The summed E-state index contributed by atoms with van der Waals surface area (Å²) in [6, 6.07) is 0. The lowest BCUT2D eigenvalue weighted by atomic mass is 9.89. The first kappa shape index (κ1) is 11.5. The van der Waals surface area contributed by atoms with Gasteiger partial charge in [-0.3, -0.25) is 0 Å². The van der Waals surface area contributed by atoms with Gasteiger partial charge in [-0.1, -0.05) is 20.8 Å². The van der Waals surface area contributed by atoms with Crippen LogP contribution in [0.1, 0.15) is 36.8 Å². The van der Waals surface area contributed by atoms with Crippen LogP contribution in [0.15, 0.2) is 0 Å². The molecule has 3 nitrogen and oxygen atoms in total. The van der Waals surface area contributed by atoms with Gasteiger partial charge in [0.1, 0.15) is 16.9 Å². The number of nitrogens with zero attached hydrogens (tertiary/aromatic N) is 1. The van der Waals surface area contributed by atoms with Gasteiger partial charge >= 0.3 is 0 Å². The maximum atomic E-state index is 5.72. The summed E-state index contributed by atoms with van der Waals surface area (Å²) in [5, 5.41) is 0.968.